The minimum atomic E-state index is -4.51. The van der Waals surface area contributed by atoms with Crippen LogP contribution in [0.15, 0.2) is 92.7 Å². The number of fused-ring (bicyclic) bond motifs is 2. The first-order valence-corrected chi connectivity index (χ1v) is 34.8. The topological polar surface area (TPSA) is 251 Å². The number of likely N-dealkylation sites (tertiary alicyclic amines) is 2. The van der Waals surface area contributed by atoms with E-state index in [2.05, 4.69) is 63.7 Å². The number of nitrogens with zero attached hydrogens (tertiary/aromatic N) is 6. The fourth-order valence-corrected chi connectivity index (χ4v) is 16.6. The molecule has 0 bridgehead atoms. The zero-order valence-electron chi connectivity index (χ0n) is 46.5. The highest BCUT2D eigenvalue weighted by atomic mass is 32.2. The van der Waals surface area contributed by atoms with Crippen LogP contribution < -0.4 is 9.05 Å². The number of phosphoric acid groups is 1. The molecule has 8 heterocycles. The number of carbonyl (C=O) groups is 6. The number of amides is 2. The molecule has 81 heavy (non-hydrogen) atoms. The molecule has 2 aromatic carbocycles. The summed E-state index contributed by atoms with van der Waals surface area (Å²) in [7, 11) is -6.35. The SMILES string of the molecule is CC(=O)OCOC(=O)C1=C(OP(=O)(Oc2ccccc2)Oc2ccccc2)[C@H](C)[C@@H]2[C@@H]([C@@H](C)O)C(=O)N12.CC(=O)OCOC(=O)C1=C(SC2CN(C3=NCCS3)C2)[C@H](C)[C@@H]2[C@@H]([C@@H](C)O[Si](C)(C)C)C(=O)N12.SC1CN(C2=NCCS2)C1. The van der Waals surface area contributed by atoms with Crippen LogP contribution in [0.3, 0.4) is 0 Å². The maximum Gasteiger partial charge on any atom is 0.646 e. The van der Waals surface area contributed by atoms with Crippen molar-refractivity contribution >= 4 is 110 Å². The minimum Gasteiger partial charge on any atom is -0.428 e. The van der Waals surface area contributed by atoms with Crippen LogP contribution in [0.25, 0.3) is 0 Å². The van der Waals surface area contributed by atoms with Crippen LogP contribution in [0, 0.1) is 23.7 Å². The van der Waals surface area contributed by atoms with E-state index in [1.165, 1.54) is 24.8 Å². The standard InChI is InChI=1S/C25H26NO10P.C22H33N3O6S2Si.C6H10N2S2/c1-15-21-20(16(2)27)24(29)26(21)22(25(30)33-14-32-17(3)28)23(15)36-37(31,34-18-10-6-4-7-11-18)35-19-12-8-5-9-13-19;1-12-17-16(13(2)31-34(4,5)6)20(27)25(17)18(21(28)30-11-29-14(3)26)19(12)33-15-9-24(10-15)22-23-7-8-32-22;9-5-3-8(4-5)6-7-1-2-10-6/h4-13,15-16,20-21,27H,14H2,1-3H3;12-13,15-17H,7-11H2,1-6H3;5,9H,1-4H2/t15-,16-,20-,21-;12-,13-,16-,17-;/m11./s1. The van der Waals surface area contributed by atoms with Crippen molar-refractivity contribution in [1.29, 1.82) is 0 Å². The first kappa shape index (κ1) is 61.9. The van der Waals surface area contributed by atoms with Crippen molar-refractivity contribution in [1.82, 2.24) is 19.6 Å². The van der Waals surface area contributed by atoms with Crippen molar-refractivity contribution in [3.8, 4) is 11.5 Å². The summed E-state index contributed by atoms with van der Waals surface area (Å²) >= 11 is 9.64. The molecule has 8 atom stereocenters. The number of aliphatic imine (C=N–C) groups is 2. The van der Waals surface area contributed by atoms with Gasteiger partial charge in [-0.2, -0.15) is 17.2 Å². The fraction of sp³-hybridized carbons (Fsp3) is 0.547. The van der Waals surface area contributed by atoms with Crippen LogP contribution in [-0.2, 0) is 61.2 Å². The molecule has 4 saturated heterocycles. The van der Waals surface area contributed by atoms with Crippen LogP contribution in [0.1, 0.15) is 41.5 Å². The predicted molar refractivity (Wildman–Crippen MR) is 311 cm³/mol. The van der Waals surface area contributed by atoms with Crippen LogP contribution in [-0.4, -0.2) is 178 Å². The van der Waals surface area contributed by atoms with Crippen LogP contribution in [0.2, 0.25) is 19.6 Å². The van der Waals surface area contributed by atoms with Crippen molar-refractivity contribution in [3.63, 3.8) is 0 Å². The number of hydrogen-bond donors (Lipinski definition) is 2. The predicted octanol–water partition coefficient (Wildman–Crippen LogP) is 6.60. The first-order chi connectivity index (χ1) is 38.4. The molecule has 0 radical (unpaired) electrons. The molecule has 1 N–H and O–H groups in total. The summed E-state index contributed by atoms with van der Waals surface area (Å²) in [4.78, 5) is 91.4. The van der Waals surface area contributed by atoms with Crippen LogP contribution in [0.5, 0.6) is 11.5 Å². The Bertz CT molecular complexity index is 2820. The number of para-hydroxylation sites is 2. The van der Waals surface area contributed by atoms with Gasteiger partial charge in [-0.25, -0.2) is 9.59 Å². The first-order valence-electron chi connectivity index (χ1n) is 26.5. The monoisotopic (exact) mass is 1230 g/mol. The summed E-state index contributed by atoms with van der Waals surface area (Å²) in [6.07, 6.45) is -1.23. The smallest absolute Gasteiger partial charge is 0.428 e. The van der Waals surface area contributed by atoms with E-state index in [9.17, 15) is 38.4 Å². The van der Waals surface area contributed by atoms with Gasteiger partial charge in [-0.1, -0.05) is 73.8 Å². The fourth-order valence-electron chi connectivity index (χ4n) is 10.3. The molecule has 440 valence electrons. The lowest BCUT2D eigenvalue weighted by Crippen LogP contribution is -2.64. The van der Waals surface area contributed by atoms with Crippen molar-refractivity contribution < 1.29 is 75.4 Å². The van der Waals surface area contributed by atoms with Crippen LogP contribution in [0.4, 0.5) is 0 Å². The lowest BCUT2D eigenvalue weighted by molar-refractivity contribution is -0.171. The Morgan fingerprint density at radius 1 is 0.716 bits per heavy atom. The third kappa shape index (κ3) is 14.6. The van der Waals surface area contributed by atoms with E-state index in [-0.39, 0.29) is 52.8 Å². The molecule has 8 aliphatic rings. The zero-order chi connectivity index (χ0) is 58.5. The van der Waals surface area contributed by atoms with Gasteiger partial charge in [0.1, 0.15) is 23.0 Å². The summed E-state index contributed by atoms with van der Waals surface area (Å²) in [6.45, 7) is 20.5. The molecular formula is C53H69N6O16PS4Si. The summed E-state index contributed by atoms with van der Waals surface area (Å²) < 4.78 is 57.1. The number of phosphoric ester groups is 1. The van der Waals surface area contributed by atoms with E-state index < -0.39 is 83.5 Å². The molecule has 0 aliphatic carbocycles. The summed E-state index contributed by atoms with van der Waals surface area (Å²) in [5.41, 5.74) is -0.0396. The highest BCUT2D eigenvalue weighted by Crippen LogP contribution is 2.57. The number of β-lactam (4-membered cyclic amide) rings is 2. The molecular weight excluding hydrogens is 1160 g/mol. The number of rotatable bonds is 18. The highest BCUT2D eigenvalue weighted by molar-refractivity contribution is 8.14. The molecule has 2 aromatic rings. The average molecular weight is 1230 g/mol. The zero-order valence-corrected chi connectivity index (χ0v) is 51.7. The van der Waals surface area contributed by atoms with E-state index >= 15 is 0 Å². The Kier molecular flexibility index (Phi) is 20.3. The third-order valence-electron chi connectivity index (χ3n) is 13.8. The minimum absolute atomic E-state index is 0.0103. The van der Waals surface area contributed by atoms with Gasteiger partial charge in [0.2, 0.25) is 25.4 Å². The van der Waals surface area contributed by atoms with E-state index in [1.807, 2.05) is 18.7 Å². The number of aliphatic hydroxyl groups excluding tert-OH is 1. The number of ether oxygens (including phenoxy) is 4. The van der Waals surface area contributed by atoms with Gasteiger partial charge in [-0.3, -0.25) is 34.1 Å². The van der Waals surface area contributed by atoms with Crippen molar-refractivity contribution in [3.05, 3.63) is 82.7 Å². The Hall–Kier alpha value is -5.15. The lowest BCUT2D eigenvalue weighted by atomic mass is 9.79. The maximum atomic E-state index is 14.0. The van der Waals surface area contributed by atoms with Gasteiger partial charge >= 0.3 is 31.7 Å². The Labute approximate surface area is 490 Å². The van der Waals surface area contributed by atoms with Gasteiger partial charge in [0.15, 0.2) is 24.3 Å². The summed E-state index contributed by atoms with van der Waals surface area (Å²) in [5, 5.41) is 13.4. The van der Waals surface area contributed by atoms with Crippen molar-refractivity contribution in [2.75, 3.05) is 64.4 Å². The molecule has 0 spiro atoms. The van der Waals surface area contributed by atoms with E-state index in [0.717, 1.165) is 66.9 Å². The van der Waals surface area contributed by atoms with Crippen molar-refractivity contribution in [2.24, 2.45) is 33.7 Å². The van der Waals surface area contributed by atoms with E-state index in [1.54, 1.807) is 96.0 Å². The number of thiol groups is 1. The average Bonchev–Trinajstić information content (AvgIpc) is 4.37. The number of esters is 4. The Balaban J connectivity index is 0.000000181. The van der Waals surface area contributed by atoms with Gasteiger partial charge in [0, 0.05) is 78.8 Å². The number of thioether (sulfide) groups is 3. The molecule has 28 heteroatoms. The van der Waals surface area contributed by atoms with Gasteiger partial charge in [-0.05, 0) is 57.8 Å². The largest absolute Gasteiger partial charge is 0.646 e. The number of carbonyl (C=O) groups excluding carboxylic acids is 6. The second-order valence-corrected chi connectivity index (χ2v) is 31.2. The van der Waals surface area contributed by atoms with Crippen molar-refractivity contribution in [2.45, 2.75) is 96.0 Å². The van der Waals surface area contributed by atoms with Crippen LogP contribution >= 0.6 is 55.7 Å². The molecule has 0 unspecified atom stereocenters. The van der Waals surface area contributed by atoms with E-state index in [4.69, 9.17) is 32.2 Å². The van der Waals surface area contributed by atoms with Gasteiger partial charge in [0.05, 0.1) is 49.2 Å². The Morgan fingerprint density at radius 2 is 1.19 bits per heavy atom. The van der Waals surface area contributed by atoms with Gasteiger partial charge in [-0.15, -0.1) is 11.8 Å². The lowest BCUT2D eigenvalue weighted by Gasteiger charge is -2.48. The number of benzene rings is 2. The normalized spacial score (nSPS) is 24.7. The summed E-state index contributed by atoms with van der Waals surface area (Å²) in [6, 6.07) is 15.5. The quantitative estimate of drug-likeness (QED) is 0.0398. The molecule has 2 amide bonds. The molecule has 8 aliphatic heterocycles. The number of hydrogen-bond acceptors (Lipinski definition) is 24. The summed E-state index contributed by atoms with van der Waals surface area (Å²) in [5.74, 6) is -2.98. The Morgan fingerprint density at radius 3 is 1.64 bits per heavy atom. The second kappa shape index (κ2) is 26.6. The third-order valence-corrected chi connectivity index (χ3v) is 20.1. The molecule has 0 aromatic heterocycles. The highest BCUT2D eigenvalue weighted by Gasteiger charge is 2.63. The molecule has 10 rings (SSSR count). The number of amidine groups is 2. The second-order valence-electron chi connectivity index (χ2n) is 21.1. The van der Waals surface area contributed by atoms with Gasteiger partial charge in [0.25, 0.3) is 0 Å². The maximum absolute atomic E-state index is 14.0. The number of aliphatic hydroxyl groups is 1. The van der Waals surface area contributed by atoms with E-state index in [0.29, 0.717) is 16.2 Å². The molecule has 4 fully saturated rings. The van der Waals surface area contributed by atoms with Gasteiger partial charge < -0.3 is 56.8 Å². The molecule has 22 nitrogen and oxygen atoms in total. The molecule has 0 saturated carbocycles.